The zero-order chi connectivity index (χ0) is 20.6. The number of pyridine rings is 1. The smallest absolute Gasteiger partial charge is 0.353 e. The number of piperazine rings is 1. The molecule has 0 atom stereocenters. The van der Waals surface area contributed by atoms with Crippen molar-refractivity contribution < 1.29 is 22.0 Å². The number of fused-ring (bicyclic) bond motifs is 1. The van der Waals surface area contributed by atoms with E-state index in [0.29, 0.717) is 48.7 Å². The maximum absolute atomic E-state index is 13.2. The Hall–Kier alpha value is -3.04. The molecule has 0 aliphatic carbocycles. The van der Waals surface area contributed by atoms with Crippen LogP contribution >= 0.6 is 0 Å². The number of aromatic nitrogens is 3. The standard InChI is InChI=1S/C19H16F5N5/c20-16(21)17-26-14-4-2-1-3-13(14)18(27-17)29-9-7-28(8-10-29)15-6-5-12(11-25-15)19(22,23)24/h1-6,11,16H,7-10H2. The molecular weight excluding hydrogens is 393 g/mol. The van der Waals surface area contributed by atoms with Crippen molar-refractivity contribution in [2.75, 3.05) is 36.0 Å². The van der Waals surface area contributed by atoms with Crippen LogP contribution in [0.2, 0.25) is 0 Å². The molecule has 3 aromatic rings. The summed E-state index contributed by atoms with van der Waals surface area (Å²) in [5, 5.41) is 0.679. The van der Waals surface area contributed by atoms with E-state index in [1.54, 1.807) is 24.3 Å². The topological polar surface area (TPSA) is 45.2 Å². The average molecular weight is 409 g/mol. The summed E-state index contributed by atoms with van der Waals surface area (Å²) in [6.45, 7) is 1.88. The number of benzene rings is 1. The number of hydrogen-bond donors (Lipinski definition) is 0. The van der Waals surface area contributed by atoms with Gasteiger partial charge in [-0.3, -0.25) is 0 Å². The van der Waals surface area contributed by atoms with E-state index in [2.05, 4.69) is 15.0 Å². The molecule has 1 aliphatic rings. The van der Waals surface area contributed by atoms with Crippen LogP contribution in [0.5, 0.6) is 0 Å². The second-order valence-electron chi connectivity index (χ2n) is 6.60. The Kier molecular flexibility index (Phi) is 4.93. The summed E-state index contributed by atoms with van der Waals surface area (Å²) in [5.74, 6) is 0.356. The van der Waals surface area contributed by atoms with Crippen molar-refractivity contribution >= 4 is 22.5 Å². The van der Waals surface area contributed by atoms with E-state index in [-0.39, 0.29) is 0 Å². The lowest BCUT2D eigenvalue weighted by Gasteiger charge is -2.36. The lowest BCUT2D eigenvalue weighted by Crippen LogP contribution is -2.47. The Labute approximate surface area is 162 Å². The van der Waals surface area contributed by atoms with E-state index in [9.17, 15) is 22.0 Å². The molecule has 0 amide bonds. The maximum Gasteiger partial charge on any atom is 0.417 e. The van der Waals surface area contributed by atoms with Gasteiger partial charge in [-0.05, 0) is 24.3 Å². The average Bonchev–Trinajstić information content (AvgIpc) is 2.72. The van der Waals surface area contributed by atoms with Crippen LogP contribution in [-0.4, -0.2) is 41.1 Å². The first-order chi connectivity index (χ1) is 13.8. The summed E-state index contributed by atoms with van der Waals surface area (Å²) in [6, 6.07) is 9.30. The molecule has 1 aromatic carbocycles. The molecule has 0 spiro atoms. The molecule has 10 heteroatoms. The molecule has 5 nitrogen and oxygen atoms in total. The van der Waals surface area contributed by atoms with Crippen molar-refractivity contribution in [2.45, 2.75) is 12.6 Å². The molecule has 1 saturated heterocycles. The van der Waals surface area contributed by atoms with Crippen molar-refractivity contribution in [1.29, 1.82) is 0 Å². The van der Waals surface area contributed by atoms with E-state index in [4.69, 9.17) is 0 Å². The van der Waals surface area contributed by atoms with E-state index in [1.807, 2.05) is 9.80 Å². The monoisotopic (exact) mass is 409 g/mol. The SMILES string of the molecule is FC(F)c1nc(N2CCN(c3ccc(C(F)(F)F)cn3)CC2)c2ccccc2n1. The van der Waals surface area contributed by atoms with Crippen LogP contribution in [0.25, 0.3) is 10.9 Å². The van der Waals surface area contributed by atoms with E-state index >= 15 is 0 Å². The second-order valence-corrected chi connectivity index (χ2v) is 6.60. The van der Waals surface area contributed by atoms with Crippen LogP contribution in [0.1, 0.15) is 17.8 Å². The van der Waals surface area contributed by atoms with Crippen LogP contribution in [0, 0.1) is 0 Å². The first-order valence-electron chi connectivity index (χ1n) is 8.91. The highest BCUT2D eigenvalue weighted by Crippen LogP contribution is 2.31. The lowest BCUT2D eigenvalue weighted by molar-refractivity contribution is -0.137. The summed E-state index contributed by atoms with van der Waals surface area (Å²) < 4.78 is 64.5. The number of nitrogens with zero attached hydrogens (tertiary/aromatic N) is 5. The van der Waals surface area contributed by atoms with Crippen molar-refractivity contribution in [3.8, 4) is 0 Å². The molecule has 1 fully saturated rings. The molecule has 152 valence electrons. The Morgan fingerprint density at radius 2 is 1.55 bits per heavy atom. The van der Waals surface area contributed by atoms with Crippen LogP contribution in [0.15, 0.2) is 42.6 Å². The van der Waals surface area contributed by atoms with Crippen LogP contribution in [0.4, 0.5) is 33.6 Å². The Bertz CT molecular complexity index is 998. The molecule has 1 aliphatic heterocycles. The van der Waals surface area contributed by atoms with Crippen LogP contribution < -0.4 is 9.80 Å². The van der Waals surface area contributed by atoms with Gasteiger partial charge in [0.15, 0.2) is 5.82 Å². The molecule has 0 bridgehead atoms. The van der Waals surface area contributed by atoms with Crippen molar-refractivity contribution in [2.24, 2.45) is 0 Å². The molecule has 0 unspecified atom stereocenters. The molecule has 3 heterocycles. The summed E-state index contributed by atoms with van der Waals surface area (Å²) in [6.07, 6.45) is -6.40. The van der Waals surface area contributed by atoms with E-state index in [0.717, 1.165) is 12.3 Å². The minimum absolute atomic E-state index is 0.436. The third-order valence-electron chi connectivity index (χ3n) is 4.77. The van der Waals surface area contributed by atoms with Gasteiger partial charge in [0.2, 0.25) is 0 Å². The normalized spacial score (nSPS) is 15.4. The van der Waals surface area contributed by atoms with Gasteiger partial charge >= 0.3 is 6.18 Å². The minimum atomic E-state index is -4.43. The summed E-state index contributed by atoms with van der Waals surface area (Å²) in [4.78, 5) is 15.6. The quantitative estimate of drug-likeness (QED) is 0.604. The minimum Gasteiger partial charge on any atom is -0.353 e. The predicted molar refractivity (Wildman–Crippen MR) is 98.2 cm³/mol. The molecule has 0 N–H and O–H groups in total. The fourth-order valence-electron chi connectivity index (χ4n) is 3.30. The summed E-state index contributed by atoms with van der Waals surface area (Å²) >= 11 is 0. The lowest BCUT2D eigenvalue weighted by atomic mass is 10.2. The van der Waals surface area contributed by atoms with Gasteiger partial charge in [-0.1, -0.05) is 12.1 Å². The van der Waals surface area contributed by atoms with Gasteiger partial charge in [0, 0.05) is 37.8 Å². The number of para-hydroxylation sites is 1. The van der Waals surface area contributed by atoms with Crippen molar-refractivity contribution in [3.05, 3.63) is 54.0 Å². The second kappa shape index (κ2) is 7.41. The van der Waals surface area contributed by atoms with Crippen molar-refractivity contribution in [3.63, 3.8) is 0 Å². The fourth-order valence-corrected chi connectivity index (χ4v) is 3.30. The summed E-state index contributed by atoms with van der Waals surface area (Å²) in [5.41, 5.74) is -0.355. The number of anilines is 2. The highest BCUT2D eigenvalue weighted by molar-refractivity contribution is 5.89. The molecular formula is C19H16F5N5. The van der Waals surface area contributed by atoms with Gasteiger partial charge in [0.1, 0.15) is 11.6 Å². The van der Waals surface area contributed by atoms with E-state index in [1.165, 1.54) is 6.07 Å². The van der Waals surface area contributed by atoms with Crippen molar-refractivity contribution in [1.82, 2.24) is 15.0 Å². The van der Waals surface area contributed by atoms with Gasteiger partial charge in [0.05, 0.1) is 11.1 Å². The molecule has 0 radical (unpaired) electrons. The third-order valence-corrected chi connectivity index (χ3v) is 4.77. The van der Waals surface area contributed by atoms with E-state index < -0.39 is 24.0 Å². The van der Waals surface area contributed by atoms with Crippen LogP contribution in [-0.2, 0) is 6.18 Å². The van der Waals surface area contributed by atoms with Gasteiger partial charge in [-0.2, -0.15) is 13.2 Å². The largest absolute Gasteiger partial charge is 0.417 e. The number of alkyl halides is 5. The zero-order valence-corrected chi connectivity index (χ0v) is 15.1. The van der Waals surface area contributed by atoms with Gasteiger partial charge < -0.3 is 9.80 Å². The number of rotatable bonds is 3. The fraction of sp³-hybridized carbons (Fsp3) is 0.316. The molecule has 29 heavy (non-hydrogen) atoms. The highest BCUT2D eigenvalue weighted by Gasteiger charge is 2.31. The molecule has 0 saturated carbocycles. The predicted octanol–water partition coefficient (Wildman–Crippen LogP) is 4.31. The number of hydrogen-bond acceptors (Lipinski definition) is 5. The zero-order valence-electron chi connectivity index (χ0n) is 15.1. The Balaban J connectivity index is 1.54. The number of halogens is 5. The molecule has 4 rings (SSSR count). The highest BCUT2D eigenvalue weighted by atomic mass is 19.4. The molecule has 2 aromatic heterocycles. The summed E-state index contributed by atoms with van der Waals surface area (Å²) in [7, 11) is 0. The van der Waals surface area contributed by atoms with Gasteiger partial charge in [-0.15, -0.1) is 0 Å². The van der Waals surface area contributed by atoms with Gasteiger partial charge in [0.25, 0.3) is 6.43 Å². The first-order valence-corrected chi connectivity index (χ1v) is 8.91. The van der Waals surface area contributed by atoms with Gasteiger partial charge in [-0.25, -0.2) is 23.7 Å². The maximum atomic E-state index is 13.2. The Morgan fingerprint density at radius 1 is 0.862 bits per heavy atom. The third kappa shape index (κ3) is 3.92. The first kappa shape index (κ1) is 19.3. The van der Waals surface area contributed by atoms with Crippen LogP contribution in [0.3, 0.4) is 0 Å². The Morgan fingerprint density at radius 3 is 2.17 bits per heavy atom.